The summed E-state index contributed by atoms with van der Waals surface area (Å²) in [6, 6.07) is 12.2. The zero-order chi connectivity index (χ0) is 39.2. The number of aryl methyl sites for hydroxylation is 1. The van der Waals surface area contributed by atoms with Crippen LogP contribution in [0.25, 0.3) is 0 Å². The number of carbonyl (C=O) groups is 2. The smallest absolute Gasteiger partial charge is 0.307 e. The molecule has 1 spiro atoms. The van der Waals surface area contributed by atoms with Gasteiger partial charge in [0.25, 0.3) is 5.91 Å². The van der Waals surface area contributed by atoms with Gasteiger partial charge >= 0.3 is 5.97 Å². The average molecular weight is 807 g/mol. The van der Waals surface area contributed by atoms with Crippen molar-refractivity contribution in [3.8, 4) is 5.75 Å². The Labute approximate surface area is 338 Å². The fourth-order valence-corrected chi connectivity index (χ4v) is 12.2. The van der Waals surface area contributed by atoms with Crippen molar-refractivity contribution in [2.24, 2.45) is 17.8 Å². The number of amides is 1. The Hall–Kier alpha value is -3.09. The molecule has 10 nitrogen and oxygen atoms in total. The van der Waals surface area contributed by atoms with Crippen molar-refractivity contribution in [2.75, 3.05) is 71.0 Å². The molecule has 6 aliphatic rings. The fourth-order valence-electron chi connectivity index (χ4n) is 10.5. The largest absolute Gasteiger partial charge is 0.490 e. The van der Waals surface area contributed by atoms with Crippen LogP contribution in [0.5, 0.6) is 5.75 Å². The molecule has 8 atom stereocenters. The van der Waals surface area contributed by atoms with E-state index in [2.05, 4.69) is 56.5 Å². The van der Waals surface area contributed by atoms with E-state index < -0.39 is 15.3 Å². The topological polar surface area (TPSA) is 101 Å². The van der Waals surface area contributed by atoms with Crippen molar-refractivity contribution >= 4 is 44.7 Å². The number of nitrogens with one attached hydrogen (secondary N) is 1. The normalized spacial score (nSPS) is 36.2. The van der Waals surface area contributed by atoms with E-state index in [-0.39, 0.29) is 40.4 Å². The third-order valence-corrected chi connectivity index (χ3v) is 16.7. The first kappa shape index (κ1) is 39.7. The summed E-state index contributed by atoms with van der Waals surface area (Å²) in [5, 5.41) is 0.398. The molecule has 1 N–H and O–H groups in total. The van der Waals surface area contributed by atoms with Gasteiger partial charge in [-0.15, -0.1) is 0 Å². The van der Waals surface area contributed by atoms with Crippen molar-refractivity contribution in [1.29, 1.82) is 0 Å². The summed E-state index contributed by atoms with van der Waals surface area (Å²) in [6.45, 7) is 11.0. The van der Waals surface area contributed by atoms with Crippen LogP contribution in [-0.2, 0) is 35.8 Å². The molecule has 2 aromatic carbocycles. The highest BCUT2D eigenvalue weighted by atomic mass is 35.5. The third-order valence-electron chi connectivity index (χ3n) is 14.3. The summed E-state index contributed by atoms with van der Waals surface area (Å²) in [7, 11) is -1.11. The molecule has 3 fully saturated rings. The minimum Gasteiger partial charge on any atom is -0.490 e. The minimum absolute atomic E-state index is 0.00214. The molecular weight excluding hydrogens is 748 g/mol. The van der Waals surface area contributed by atoms with Gasteiger partial charge in [-0.1, -0.05) is 36.7 Å². The summed E-state index contributed by atoms with van der Waals surface area (Å²) < 4.78 is 35.7. The number of piperazine rings is 1. The lowest BCUT2D eigenvalue weighted by atomic mass is 9.63. The third kappa shape index (κ3) is 7.75. The second kappa shape index (κ2) is 15.9. The van der Waals surface area contributed by atoms with E-state index in [9.17, 15) is 13.8 Å². The molecule has 1 amide bonds. The number of carbonyl (C=O) groups excluding carboxylic acids is 2. The van der Waals surface area contributed by atoms with E-state index in [0.717, 1.165) is 101 Å². The lowest BCUT2D eigenvalue weighted by Gasteiger charge is -2.52. The van der Waals surface area contributed by atoms with Crippen LogP contribution in [0.4, 0.5) is 5.69 Å². The quantitative estimate of drug-likeness (QED) is 0.230. The Kier molecular flexibility index (Phi) is 11.3. The molecule has 4 aliphatic heterocycles. The lowest BCUT2D eigenvalue weighted by molar-refractivity contribution is -0.150. The van der Waals surface area contributed by atoms with Gasteiger partial charge < -0.3 is 19.1 Å². The number of nitrogens with zero attached hydrogens (tertiary/aromatic N) is 3. The molecule has 56 heavy (non-hydrogen) atoms. The predicted molar refractivity (Wildman–Crippen MR) is 223 cm³/mol. The molecule has 1 unspecified atom stereocenters. The minimum atomic E-state index is -2.98. The van der Waals surface area contributed by atoms with E-state index >= 15 is 0 Å². The maximum Gasteiger partial charge on any atom is 0.307 e. The van der Waals surface area contributed by atoms with Crippen molar-refractivity contribution in [3.63, 3.8) is 0 Å². The van der Waals surface area contributed by atoms with E-state index in [1.165, 1.54) is 11.1 Å². The number of anilines is 1. The number of halogens is 1. The van der Waals surface area contributed by atoms with Crippen molar-refractivity contribution in [3.05, 3.63) is 70.3 Å². The molecule has 8 rings (SSSR count). The maximum atomic E-state index is 14.1. The van der Waals surface area contributed by atoms with E-state index in [0.29, 0.717) is 37.5 Å². The van der Waals surface area contributed by atoms with Gasteiger partial charge in [0.15, 0.2) is 0 Å². The highest BCUT2D eigenvalue weighted by Gasteiger charge is 2.50. The molecule has 12 heteroatoms. The first-order valence-corrected chi connectivity index (χ1v) is 22.9. The molecule has 2 saturated heterocycles. The molecule has 2 aliphatic carbocycles. The molecule has 0 aromatic heterocycles. The number of ether oxygens (including phenoxy) is 3. The molecule has 2 aromatic rings. The maximum absolute atomic E-state index is 14.1. The molecule has 0 radical (unpaired) electrons. The predicted octanol–water partition coefficient (Wildman–Crippen LogP) is 5.89. The number of hydrogen-bond donors (Lipinski definition) is 1. The number of allylic oxidation sites excluding steroid dienone is 1. The van der Waals surface area contributed by atoms with Crippen LogP contribution in [0.2, 0.25) is 5.02 Å². The number of hydrogen-bond acceptors (Lipinski definition) is 9. The summed E-state index contributed by atoms with van der Waals surface area (Å²) in [4.78, 5) is 33.4. The average Bonchev–Trinajstić information content (AvgIpc) is 3.32. The van der Waals surface area contributed by atoms with Gasteiger partial charge in [-0.05, 0) is 117 Å². The van der Waals surface area contributed by atoms with Gasteiger partial charge in [-0.2, -0.15) is 0 Å². The number of cyclic esters (lactones) is 1. The van der Waals surface area contributed by atoms with E-state index in [1.807, 2.05) is 32.2 Å². The molecule has 304 valence electrons. The van der Waals surface area contributed by atoms with Crippen molar-refractivity contribution in [2.45, 2.75) is 87.5 Å². The Morgan fingerprint density at radius 2 is 1.88 bits per heavy atom. The second-order valence-corrected chi connectivity index (χ2v) is 20.4. The summed E-state index contributed by atoms with van der Waals surface area (Å²) >= 11 is 6.53. The molecular formula is C44H59ClN4O6S. The Morgan fingerprint density at radius 3 is 2.62 bits per heavy atom. The van der Waals surface area contributed by atoms with Crippen molar-refractivity contribution < 1.29 is 28.0 Å². The number of rotatable bonds is 4. The van der Waals surface area contributed by atoms with Gasteiger partial charge in [0.1, 0.15) is 11.4 Å². The molecule has 2 bridgehead atoms. The van der Waals surface area contributed by atoms with Gasteiger partial charge in [-0.25, -0.2) is 4.21 Å². The Balaban J connectivity index is 1.14. The van der Waals surface area contributed by atoms with E-state index in [4.69, 9.17) is 25.8 Å². The van der Waals surface area contributed by atoms with Crippen LogP contribution in [0, 0.1) is 17.8 Å². The van der Waals surface area contributed by atoms with Gasteiger partial charge in [0.05, 0.1) is 35.0 Å². The van der Waals surface area contributed by atoms with Crippen LogP contribution in [0.1, 0.15) is 80.3 Å². The van der Waals surface area contributed by atoms with E-state index in [1.54, 1.807) is 6.07 Å². The highest BCUT2D eigenvalue weighted by molar-refractivity contribution is 7.99. The van der Waals surface area contributed by atoms with Crippen LogP contribution in [0.3, 0.4) is 0 Å². The van der Waals surface area contributed by atoms with Crippen LogP contribution in [0.15, 0.2) is 48.6 Å². The second-order valence-electron chi connectivity index (χ2n) is 17.5. The van der Waals surface area contributed by atoms with Gasteiger partial charge in [0.2, 0.25) is 0 Å². The van der Waals surface area contributed by atoms with Crippen LogP contribution in [-0.4, -0.2) is 115 Å². The monoisotopic (exact) mass is 806 g/mol. The summed E-state index contributed by atoms with van der Waals surface area (Å²) in [5.41, 5.74) is 3.16. The zero-order valence-corrected chi connectivity index (χ0v) is 34.9. The number of methoxy groups -OCH3 is 1. The number of esters is 1. The summed E-state index contributed by atoms with van der Waals surface area (Å²) in [6.07, 6.45) is 11.8. The SMILES string of the molecule is C=S1(=O)NC(=O)c2ccc3c(c2)N(C[C@@H]2CC[C@H]2[C@@](CN2CCN([C@H]4CCOC(=O)C4)CC2)(OC)/C=C/C[C@H](C)[C@H]1C)C[C@@]1(CCCc2cc(Cl)ccc21)CO3. The van der Waals surface area contributed by atoms with Gasteiger partial charge in [-0.3, -0.25) is 24.1 Å². The van der Waals surface area contributed by atoms with Crippen LogP contribution < -0.4 is 14.4 Å². The summed E-state index contributed by atoms with van der Waals surface area (Å²) in [5.74, 6) is 4.97. The molecule has 1 saturated carbocycles. The van der Waals surface area contributed by atoms with Crippen molar-refractivity contribution in [1.82, 2.24) is 14.5 Å². The number of benzene rings is 2. The van der Waals surface area contributed by atoms with Crippen LogP contribution >= 0.6 is 11.6 Å². The lowest BCUT2D eigenvalue weighted by Crippen LogP contribution is -2.60. The van der Waals surface area contributed by atoms with Gasteiger partial charge in [0, 0.05) is 80.2 Å². The highest BCUT2D eigenvalue weighted by Crippen LogP contribution is 2.49. The first-order chi connectivity index (χ1) is 26.9. The Morgan fingerprint density at radius 1 is 1.05 bits per heavy atom. The zero-order valence-electron chi connectivity index (χ0n) is 33.3. The first-order valence-electron chi connectivity index (χ1n) is 20.7. The fraction of sp³-hybridized carbons (Fsp3) is 0.614. The Bertz CT molecular complexity index is 1950. The standard InChI is InChI=1S/C44H59ClN4O6S/c1-30-7-5-17-44(53-3,28-47-18-20-48(21-19-47)36-15-22-54-41(50)25-36)38-12-9-34(38)26-49-27-43(16-6-8-32-23-35(45)11-13-37(32)43)29-55-40-14-10-33(24-39(40)49)42(51)46-56(4,52)31(30)2/h5,10-11,13-14,17,23-24,30-31,34,36,38H,4,6-9,12,15-16,18-22,25-29H2,1-3H3,(H,46,51,52)/b17-5+/t30-,31+,34-,36-,38+,43-,44+,56?/m0/s1. The molecule has 4 heterocycles. The number of fused-ring (bicyclic) bond motifs is 4.